The van der Waals surface area contributed by atoms with Crippen molar-refractivity contribution in [2.75, 3.05) is 29.9 Å². The molecule has 0 spiro atoms. The van der Waals surface area contributed by atoms with E-state index in [1.807, 2.05) is 18.2 Å². The Balaban J connectivity index is 0.00000289. The van der Waals surface area contributed by atoms with Crippen LogP contribution in [-0.2, 0) is 0 Å². The molecule has 4 aromatic rings. The van der Waals surface area contributed by atoms with Gasteiger partial charge in [-0.15, -0.1) is 12.4 Å². The number of nitrogens with one attached hydrogen (secondary N) is 1. The number of hydrogen-bond acceptors (Lipinski definition) is 7. The predicted molar refractivity (Wildman–Crippen MR) is 137 cm³/mol. The molecule has 0 saturated carbocycles. The lowest BCUT2D eigenvalue weighted by Crippen LogP contribution is -2.44. The number of para-hydroxylation sites is 1. The minimum Gasteiger partial charge on any atom is -0.423 e. The monoisotopic (exact) mass is 499 g/mol. The summed E-state index contributed by atoms with van der Waals surface area (Å²) in [6.45, 7) is 1.39. The van der Waals surface area contributed by atoms with E-state index in [1.165, 1.54) is 18.2 Å². The number of benzene rings is 2. The summed E-state index contributed by atoms with van der Waals surface area (Å²) < 4.78 is 19.0. The van der Waals surface area contributed by atoms with E-state index in [2.05, 4.69) is 15.2 Å². The molecular formula is C26H27ClFN3O4. The number of aliphatic hydroxyl groups excluding tert-OH is 2. The van der Waals surface area contributed by atoms with Gasteiger partial charge in [-0.1, -0.05) is 18.2 Å². The van der Waals surface area contributed by atoms with Gasteiger partial charge in [-0.05, 0) is 54.5 Å². The molecule has 2 aromatic carbocycles. The molecule has 0 radical (unpaired) electrons. The fourth-order valence-electron chi connectivity index (χ4n) is 4.74. The average molecular weight is 500 g/mol. The molecule has 1 aliphatic heterocycles. The maximum Gasteiger partial charge on any atom is 0.338 e. The topological polar surface area (TPSA) is 98.8 Å². The normalized spacial score (nSPS) is 16.1. The first-order valence-corrected chi connectivity index (χ1v) is 11.4. The Kier molecular flexibility index (Phi) is 7.54. The summed E-state index contributed by atoms with van der Waals surface area (Å²) in [6, 6.07) is 15.0. The van der Waals surface area contributed by atoms with Crippen molar-refractivity contribution >= 4 is 45.7 Å². The number of pyridine rings is 1. The van der Waals surface area contributed by atoms with Gasteiger partial charge in [-0.25, -0.2) is 14.2 Å². The van der Waals surface area contributed by atoms with Gasteiger partial charge in [0.25, 0.3) is 0 Å². The molecule has 2 atom stereocenters. The molecule has 5 rings (SSSR count). The molecule has 0 aliphatic carbocycles. The molecule has 3 N–H and O–H groups in total. The van der Waals surface area contributed by atoms with E-state index >= 15 is 0 Å². The molecule has 3 heterocycles. The van der Waals surface area contributed by atoms with Crippen LogP contribution in [-0.4, -0.2) is 47.0 Å². The molecule has 9 heteroatoms. The number of aliphatic hydroxyl groups is 2. The lowest BCUT2D eigenvalue weighted by molar-refractivity contribution is -0.0166. The molecule has 2 aromatic heterocycles. The lowest BCUT2D eigenvalue weighted by Gasteiger charge is -2.36. The summed E-state index contributed by atoms with van der Waals surface area (Å²) in [5.74, 6) is 0.353. The zero-order valence-electron chi connectivity index (χ0n) is 18.9. The maximum absolute atomic E-state index is 13.8. The zero-order chi connectivity index (χ0) is 23.7. The molecule has 0 bridgehead atoms. The van der Waals surface area contributed by atoms with Crippen LogP contribution < -0.4 is 15.8 Å². The highest BCUT2D eigenvalue weighted by Gasteiger charge is 2.30. The summed E-state index contributed by atoms with van der Waals surface area (Å²) in [5.41, 5.74) is 0.537. The first-order chi connectivity index (χ1) is 16.5. The second-order valence-electron chi connectivity index (χ2n) is 8.74. The van der Waals surface area contributed by atoms with Crippen LogP contribution in [0.3, 0.4) is 0 Å². The second-order valence-corrected chi connectivity index (χ2v) is 8.74. The number of piperidine rings is 1. The first kappa shape index (κ1) is 24.9. The Labute approximate surface area is 207 Å². The smallest absolute Gasteiger partial charge is 0.338 e. The molecular weight excluding hydrogens is 473 g/mol. The van der Waals surface area contributed by atoms with Gasteiger partial charge < -0.3 is 24.8 Å². The first-order valence-electron chi connectivity index (χ1n) is 11.4. The van der Waals surface area contributed by atoms with Crippen LogP contribution in [0.1, 0.15) is 12.8 Å². The quantitative estimate of drug-likeness (QED) is 0.345. The van der Waals surface area contributed by atoms with Crippen LogP contribution in [0.25, 0.3) is 21.7 Å². The van der Waals surface area contributed by atoms with Crippen molar-refractivity contribution in [3.63, 3.8) is 0 Å². The number of hydrogen-bond donors (Lipinski definition) is 3. The van der Waals surface area contributed by atoms with Crippen molar-refractivity contribution < 1.29 is 19.0 Å². The number of halogens is 2. The van der Waals surface area contributed by atoms with Gasteiger partial charge >= 0.3 is 5.63 Å². The molecule has 0 amide bonds. The van der Waals surface area contributed by atoms with E-state index in [0.717, 1.165) is 22.0 Å². The van der Waals surface area contributed by atoms with Crippen LogP contribution in [0.4, 0.5) is 15.9 Å². The van der Waals surface area contributed by atoms with Gasteiger partial charge in [0.05, 0.1) is 17.9 Å². The largest absolute Gasteiger partial charge is 0.423 e. The summed E-state index contributed by atoms with van der Waals surface area (Å²) in [4.78, 5) is 18.4. The van der Waals surface area contributed by atoms with Crippen LogP contribution in [0.15, 0.2) is 70.0 Å². The average Bonchev–Trinajstić information content (AvgIpc) is 2.86. The van der Waals surface area contributed by atoms with Gasteiger partial charge in [0.2, 0.25) is 0 Å². The van der Waals surface area contributed by atoms with E-state index in [9.17, 15) is 19.4 Å². The Morgan fingerprint density at radius 1 is 1.09 bits per heavy atom. The minimum absolute atomic E-state index is 0. The predicted octanol–water partition coefficient (Wildman–Crippen LogP) is 3.95. The Bertz CT molecular complexity index is 1370. The number of aromatic nitrogens is 1. The van der Waals surface area contributed by atoms with Crippen molar-refractivity contribution in [1.29, 1.82) is 0 Å². The molecule has 2 unspecified atom stereocenters. The number of nitrogens with zero attached hydrogens (tertiary/aromatic N) is 2. The van der Waals surface area contributed by atoms with Gasteiger partial charge in [0.15, 0.2) is 0 Å². The summed E-state index contributed by atoms with van der Waals surface area (Å²) in [5, 5.41) is 27.0. The third-order valence-corrected chi connectivity index (χ3v) is 6.58. The molecule has 184 valence electrons. The fourth-order valence-corrected chi connectivity index (χ4v) is 4.74. The van der Waals surface area contributed by atoms with Crippen molar-refractivity contribution in [2.24, 2.45) is 5.92 Å². The van der Waals surface area contributed by atoms with Crippen LogP contribution in [0, 0.1) is 11.7 Å². The highest BCUT2D eigenvalue weighted by Crippen LogP contribution is 2.30. The van der Waals surface area contributed by atoms with Crippen molar-refractivity contribution in [2.45, 2.75) is 25.0 Å². The summed E-state index contributed by atoms with van der Waals surface area (Å²) in [7, 11) is 0. The summed E-state index contributed by atoms with van der Waals surface area (Å²) >= 11 is 0. The van der Waals surface area contributed by atoms with Crippen LogP contribution in [0.2, 0.25) is 0 Å². The Hall–Kier alpha value is -3.20. The standard InChI is InChI=1S/C26H26FN3O4.ClH/c27-18-6-5-16-7-10-28-26(20(16)13-18)30-11-8-17(9-12-30)25(33)22(31)15-29-21-14-24(32)34-23-4-2-1-3-19(21)23;/h1-7,10,13-14,17,22,25,29,31,33H,8-9,11-12,15H2;1H. The lowest BCUT2D eigenvalue weighted by atomic mass is 9.88. The van der Waals surface area contributed by atoms with Crippen LogP contribution in [0.5, 0.6) is 0 Å². The van der Waals surface area contributed by atoms with E-state index in [0.29, 0.717) is 37.2 Å². The van der Waals surface area contributed by atoms with Gasteiger partial charge in [0.1, 0.15) is 17.2 Å². The Morgan fingerprint density at radius 3 is 2.66 bits per heavy atom. The molecule has 1 aliphatic rings. The van der Waals surface area contributed by atoms with Crippen molar-refractivity contribution in [3.8, 4) is 0 Å². The van der Waals surface area contributed by atoms with E-state index in [-0.39, 0.29) is 30.7 Å². The number of anilines is 2. The second kappa shape index (κ2) is 10.6. The van der Waals surface area contributed by atoms with Crippen molar-refractivity contribution in [1.82, 2.24) is 4.98 Å². The minimum atomic E-state index is -1.01. The van der Waals surface area contributed by atoms with Crippen molar-refractivity contribution in [3.05, 3.63) is 77.0 Å². The molecule has 7 nitrogen and oxygen atoms in total. The number of rotatable bonds is 6. The fraction of sp³-hybridized carbons (Fsp3) is 0.308. The highest BCUT2D eigenvalue weighted by atomic mass is 35.5. The van der Waals surface area contributed by atoms with Gasteiger partial charge in [-0.3, -0.25) is 0 Å². The van der Waals surface area contributed by atoms with Crippen LogP contribution >= 0.6 is 12.4 Å². The molecule has 35 heavy (non-hydrogen) atoms. The van der Waals surface area contributed by atoms with Gasteiger partial charge in [-0.2, -0.15) is 0 Å². The Morgan fingerprint density at radius 2 is 1.86 bits per heavy atom. The zero-order valence-corrected chi connectivity index (χ0v) is 19.7. The van der Waals surface area contributed by atoms with E-state index in [4.69, 9.17) is 4.42 Å². The van der Waals surface area contributed by atoms with E-state index in [1.54, 1.807) is 24.4 Å². The number of fused-ring (bicyclic) bond motifs is 2. The third-order valence-electron chi connectivity index (χ3n) is 6.58. The summed E-state index contributed by atoms with van der Waals surface area (Å²) in [6.07, 6.45) is 1.14. The maximum atomic E-state index is 13.8. The van der Waals surface area contributed by atoms with E-state index < -0.39 is 17.8 Å². The SMILES string of the molecule is Cl.O=c1cc(NCC(O)C(O)C2CCN(c3nccc4ccc(F)cc34)CC2)c2ccccc2o1. The third kappa shape index (κ3) is 5.24. The highest BCUT2D eigenvalue weighted by molar-refractivity contribution is 5.92. The van der Waals surface area contributed by atoms with Gasteiger partial charge in [0, 0.05) is 42.7 Å². The molecule has 1 fully saturated rings. The molecule has 1 saturated heterocycles.